The summed E-state index contributed by atoms with van der Waals surface area (Å²) in [4.78, 5) is 0. The molecule has 15 heavy (non-hydrogen) atoms. The average Bonchev–Trinajstić information content (AvgIpc) is 2.16. The highest BCUT2D eigenvalue weighted by Gasteiger charge is 1.95. The lowest BCUT2D eigenvalue weighted by molar-refractivity contribution is 0.194. The van der Waals surface area contributed by atoms with Crippen molar-refractivity contribution in [2.45, 2.75) is 19.8 Å². The van der Waals surface area contributed by atoms with Crippen LogP contribution in [0.15, 0.2) is 18.2 Å². The lowest BCUT2D eigenvalue weighted by Crippen LogP contribution is -2.03. The maximum atomic E-state index is 5.75. The number of anilines is 2. The number of ether oxygens (including phenoxy) is 1. The van der Waals surface area contributed by atoms with Crippen LogP contribution in [0.25, 0.3) is 0 Å². The Kier molecular flexibility index (Phi) is 4.98. The molecule has 3 heteroatoms. The summed E-state index contributed by atoms with van der Waals surface area (Å²) < 4.78 is 4.98. The molecule has 0 aliphatic heterocycles. The third-order valence-corrected chi connectivity index (χ3v) is 2.20. The normalized spacial score (nSPS) is 10.3. The first-order valence-electron chi connectivity index (χ1n) is 5.32. The molecule has 0 spiro atoms. The maximum Gasteiger partial charge on any atom is 0.0462 e. The molecule has 0 atom stereocenters. The van der Waals surface area contributed by atoms with Gasteiger partial charge in [0.05, 0.1) is 0 Å². The minimum Gasteiger partial charge on any atom is -0.399 e. The van der Waals surface area contributed by atoms with E-state index in [0.29, 0.717) is 0 Å². The van der Waals surface area contributed by atoms with Crippen LogP contribution in [0.1, 0.15) is 18.4 Å². The fourth-order valence-electron chi connectivity index (χ4n) is 1.52. The van der Waals surface area contributed by atoms with E-state index in [0.717, 1.165) is 37.4 Å². The smallest absolute Gasteiger partial charge is 0.0462 e. The van der Waals surface area contributed by atoms with E-state index < -0.39 is 0 Å². The van der Waals surface area contributed by atoms with Gasteiger partial charge in [0.1, 0.15) is 0 Å². The maximum absolute atomic E-state index is 5.75. The van der Waals surface area contributed by atoms with Gasteiger partial charge in [-0.15, -0.1) is 0 Å². The van der Waals surface area contributed by atoms with Gasteiger partial charge in [-0.05, 0) is 43.5 Å². The van der Waals surface area contributed by atoms with Crippen molar-refractivity contribution in [2.75, 3.05) is 31.3 Å². The SMILES string of the molecule is COCCCCNc1cc(C)cc(N)c1. The van der Waals surface area contributed by atoms with E-state index in [2.05, 4.69) is 11.4 Å². The highest BCUT2D eigenvalue weighted by molar-refractivity contribution is 5.56. The molecular weight excluding hydrogens is 188 g/mol. The number of methoxy groups -OCH3 is 1. The number of nitrogen functional groups attached to an aromatic ring is 1. The van der Waals surface area contributed by atoms with Crippen LogP contribution in [0.2, 0.25) is 0 Å². The zero-order valence-corrected chi connectivity index (χ0v) is 9.55. The number of nitrogens with one attached hydrogen (secondary N) is 1. The number of benzene rings is 1. The standard InChI is InChI=1S/C12H20N2O/c1-10-7-11(13)9-12(8-10)14-5-3-4-6-15-2/h7-9,14H,3-6,13H2,1-2H3. The van der Waals surface area contributed by atoms with Crippen LogP contribution in [-0.2, 0) is 4.74 Å². The lowest BCUT2D eigenvalue weighted by atomic mass is 10.2. The molecule has 0 amide bonds. The van der Waals surface area contributed by atoms with E-state index in [4.69, 9.17) is 10.5 Å². The van der Waals surface area contributed by atoms with E-state index in [1.54, 1.807) is 7.11 Å². The van der Waals surface area contributed by atoms with Crippen molar-refractivity contribution >= 4 is 11.4 Å². The van der Waals surface area contributed by atoms with Gasteiger partial charge in [0, 0.05) is 31.6 Å². The molecule has 1 aromatic rings. The Bertz CT molecular complexity index is 279. The number of aryl methyl sites for hydroxylation is 1. The molecule has 3 N–H and O–H groups in total. The number of rotatable bonds is 6. The monoisotopic (exact) mass is 208 g/mol. The van der Waals surface area contributed by atoms with Gasteiger partial charge >= 0.3 is 0 Å². The van der Waals surface area contributed by atoms with Gasteiger partial charge in [0.15, 0.2) is 0 Å². The first-order chi connectivity index (χ1) is 7.22. The Hall–Kier alpha value is -1.22. The molecule has 0 bridgehead atoms. The second kappa shape index (κ2) is 6.30. The van der Waals surface area contributed by atoms with Gasteiger partial charge in [-0.25, -0.2) is 0 Å². The fraction of sp³-hybridized carbons (Fsp3) is 0.500. The van der Waals surface area contributed by atoms with Crippen molar-refractivity contribution in [1.29, 1.82) is 0 Å². The van der Waals surface area contributed by atoms with Crippen molar-refractivity contribution < 1.29 is 4.74 Å². The van der Waals surface area contributed by atoms with Gasteiger partial charge in [0.2, 0.25) is 0 Å². The summed E-state index contributed by atoms with van der Waals surface area (Å²) >= 11 is 0. The molecule has 0 heterocycles. The van der Waals surface area contributed by atoms with Crippen LogP contribution in [0.4, 0.5) is 11.4 Å². The van der Waals surface area contributed by atoms with Crippen LogP contribution in [0.5, 0.6) is 0 Å². The van der Waals surface area contributed by atoms with E-state index in [-0.39, 0.29) is 0 Å². The molecule has 0 saturated heterocycles. The molecule has 0 aliphatic rings. The average molecular weight is 208 g/mol. The highest BCUT2D eigenvalue weighted by Crippen LogP contribution is 2.15. The number of hydrogen-bond donors (Lipinski definition) is 2. The van der Waals surface area contributed by atoms with Crippen LogP contribution >= 0.6 is 0 Å². The quantitative estimate of drug-likeness (QED) is 0.557. The summed E-state index contributed by atoms with van der Waals surface area (Å²) in [7, 11) is 1.73. The number of nitrogens with two attached hydrogens (primary N) is 1. The third-order valence-electron chi connectivity index (χ3n) is 2.20. The predicted molar refractivity (Wildman–Crippen MR) is 65.2 cm³/mol. The molecule has 0 aromatic heterocycles. The first-order valence-corrected chi connectivity index (χ1v) is 5.32. The first kappa shape index (κ1) is 11.9. The zero-order chi connectivity index (χ0) is 11.1. The summed E-state index contributed by atoms with van der Waals surface area (Å²) in [5, 5.41) is 3.35. The van der Waals surface area contributed by atoms with E-state index in [1.165, 1.54) is 5.56 Å². The van der Waals surface area contributed by atoms with Gasteiger partial charge in [-0.2, -0.15) is 0 Å². The molecular formula is C12H20N2O. The fourth-order valence-corrected chi connectivity index (χ4v) is 1.52. The Morgan fingerprint density at radius 1 is 1.27 bits per heavy atom. The topological polar surface area (TPSA) is 47.3 Å². The predicted octanol–water partition coefficient (Wildman–Crippen LogP) is 2.42. The minimum absolute atomic E-state index is 0.814. The minimum atomic E-state index is 0.814. The molecule has 84 valence electrons. The van der Waals surface area contributed by atoms with Gasteiger partial charge < -0.3 is 15.8 Å². The molecule has 0 unspecified atom stereocenters. The van der Waals surface area contributed by atoms with E-state index >= 15 is 0 Å². The Morgan fingerprint density at radius 3 is 2.73 bits per heavy atom. The van der Waals surface area contributed by atoms with Crippen molar-refractivity contribution in [3.05, 3.63) is 23.8 Å². The third kappa shape index (κ3) is 4.70. The largest absolute Gasteiger partial charge is 0.399 e. The van der Waals surface area contributed by atoms with Crippen molar-refractivity contribution in [1.82, 2.24) is 0 Å². The van der Waals surface area contributed by atoms with E-state index in [1.807, 2.05) is 19.1 Å². The van der Waals surface area contributed by atoms with Crippen LogP contribution in [-0.4, -0.2) is 20.3 Å². The Labute approximate surface area is 91.6 Å². The summed E-state index contributed by atoms with van der Waals surface area (Å²) in [6, 6.07) is 6.03. The van der Waals surface area contributed by atoms with Crippen molar-refractivity contribution in [3.63, 3.8) is 0 Å². The summed E-state index contributed by atoms with van der Waals surface area (Å²) in [6.07, 6.45) is 2.20. The molecule has 1 rings (SSSR count). The zero-order valence-electron chi connectivity index (χ0n) is 9.55. The van der Waals surface area contributed by atoms with Crippen LogP contribution in [0.3, 0.4) is 0 Å². The summed E-state index contributed by atoms with van der Waals surface area (Å²) in [5.41, 5.74) is 8.86. The Balaban J connectivity index is 2.31. The molecule has 0 radical (unpaired) electrons. The van der Waals surface area contributed by atoms with Crippen LogP contribution in [0, 0.1) is 6.92 Å². The highest BCUT2D eigenvalue weighted by atomic mass is 16.5. The molecule has 0 fully saturated rings. The van der Waals surface area contributed by atoms with Crippen molar-refractivity contribution in [2.24, 2.45) is 0 Å². The number of hydrogen-bond acceptors (Lipinski definition) is 3. The molecule has 3 nitrogen and oxygen atoms in total. The van der Waals surface area contributed by atoms with Gasteiger partial charge in [-0.3, -0.25) is 0 Å². The molecule has 0 aliphatic carbocycles. The summed E-state index contributed by atoms with van der Waals surface area (Å²) in [6.45, 7) is 3.84. The van der Waals surface area contributed by atoms with Crippen molar-refractivity contribution in [3.8, 4) is 0 Å². The van der Waals surface area contributed by atoms with Gasteiger partial charge in [0.25, 0.3) is 0 Å². The Morgan fingerprint density at radius 2 is 2.07 bits per heavy atom. The van der Waals surface area contributed by atoms with Gasteiger partial charge in [-0.1, -0.05) is 0 Å². The number of unbranched alkanes of at least 4 members (excludes halogenated alkanes) is 1. The summed E-state index contributed by atoms with van der Waals surface area (Å²) in [5.74, 6) is 0. The lowest BCUT2D eigenvalue weighted by Gasteiger charge is -2.08. The second-order valence-electron chi connectivity index (χ2n) is 3.76. The second-order valence-corrected chi connectivity index (χ2v) is 3.76. The van der Waals surface area contributed by atoms with E-state index in [9.17, 15) is 0 Å². The molecule has 0 saturated carbocycles. The molecule has 1 aromatic carbocycles. The van der Waals surface area contributed by atoms with Crippen LogP contribution < -0.4 is 11.1 Å².